The van der Waals surface area contributed by atoms with Crippen LogP contribution in [0, 0.1) is 0 Å². The number of rotatable bonds is 2. The molecule has 0 bridgehead atoms. The van der Waals surface area contributed by atoms with Crippen LogP contribution in [0.2, 0.25) is 0 Å². The highest BCUT2D eigenvalue weighted by Gasteiger charge is 2.26. The van der Waals surface area contributed by atoms with E-state index in [-0.39, 0.29) is 12.0 Å². The Morgan fingerprint density at radius 2 is 1.95 bits per heavy atom. The van der Waals surface area contributed by atoms with Gasteiger partial charge in [0.15, 0.2) is 0 Å². The van der Waals surface area contributed by atoms with Gasteiger partial charge in [-0.2, -0.15) is 0 Å². The van der Waals surface area contributed by atoms with Crippen molar-refractivity contribution in [2.45, 2.75) is 6.10 Å². The molecule has 0 radical (unpaired) electrons. The van der Waals surface area contributed by atoms with Gasteiger partial charge >= 0.3 is 0 Å². The second-order valence-electron chi connectivity index (χ2n) is 5.03. The van der Waals surface area contributed by atoms with Crippen LogP contribution in [-0.4, -0.2) is 30.5 Å². The minimum absolute atomic E-state index is 0.0453. The summed E-state index contributed by atoms with van der Waals surface area (Å²) >= 11 is 3.41. The Labute approximate surface area is 132 Å². The molecule has 3 nitrogen and oxygen atoms in total. The van der Waals surface area contributed by atoms with Crippen LogP contribution in [0.1, 0.15) is 22.0 Å². The lowest BCUT2D eigenvalue weighted by molar-refractivity contribution is -0.0228. The van der Waals surface area contributed by atoms with E-state index >= 15 is 0 Å². The second kappa shape index (κ2) is 6.41. The molecule has 3 rings (SSSR count). The molecule has 0 saturated carbocycles. The van der Waals surface area contributed by atoms with Crippen LogP contribution in [0.15, 0.2) is 59.1 Å². The van der Waals surface area contributed by atoms with Crippen molar-refractivity contribution < 1.29 is 9.53 Å². The van der Waals surface area contributed by atoms with Crippen LogP contribution in [0.5, 0.6) is 0 Å². The van der Waals surface area contributed by atoms with Crippen molar-refractivity contribution in [2.24, 2.45) is 0 Å². The summed E-state index contributed by atoms with van der Waals surface area (Å²) in [5.74, 6) is 0.0560. The van der Waals surface area contributed by atoms with Gasteiger partial charge in [0.25, 0.3) is 5.91 Å². The maximum Gasteiger partial charge on any atom is 0.254 e. The van der Waals surface area contributed by atoms with Gasteiger partial charge in [0.1, 0.15) is 6.10 Å². The van der Waals surface area contributed by atoms with Crippen LogP contribution in [0.4, 0.5) is 0 Å². The molecule has 1 saturated heterocycles. The van der Waals surface area contributed by atoms with Crippen LogP contribution in [0.3, 0.4) is 0 Å². The van der Waals surface area contributed by atoms with Crippen LogP contribution in [0.25, 0.3) is 0 Å². The summed E-state index contributed by atoms with van der Waals surface area (Å²) in [6.07, 6.45) is -0.0453. The molecule has 1 fully saturated rings. The standard InChI is InChI=1S/C17H16BrNO2/c18-15-8-4-7-14(11-15)17(20)19-9-10-21-16(12-19)13-5-2-1-3-6-13/h1-8,11,16H,9-10,12H2/t16-/m1/s1. The molecule has 2 aromatic carbocycles. The Kier molecular flexibility index (Phi) is 4.36. The highest BCUT2D eigenvalue weighted by molar-refractivity contribution is 9.10. The summed E-state index contributed by atoms with van der Waals surface area (Å²) < 4.78 is 6.72. The number of morpholine rings is 1. The predicted octanol–water partition coefficient (Wildman–Crippen LogP) is 3.66. The molecule has 2 aromatic rings. The normalized spacial score (nSPS) is 18.5. The Hall–Kier alpha value is -1.65. The Bertz CT molecular complexity index is 630. The molecule has 108 valence electrons. The minimum atomic E-state index is -0.0453. The van der Waals surface area contributed by atoms with E-state index in [4.69, 9.17) is 4.74 Å². The molecule has 0 spiro atoms. The molecule has 1 amide bonds. The Balaban J connectivity index is 1.75. The molecule has 1 atom stereocenters. The van der Waals surface area contributed by atoms with Gasteiger partial charge in [0, 0.05) is 16.6 Å². The maximum atomic E-state index is 12.6. The molecule has 4 heteroatoms. The lowest BCUT2D eigenvalue weighted by atomic mass is 10.1. The first-order valence-electron chi connectivity index (χ1n) is 6.95. The van der Waals surface area contributed by atoms with E-state index in [0.29, 0.717) is 25.3 Å². The van der Waals surface area contributed by atoms with Gasteiger partial charge in [0.2, 0.25) is 0 Å². The first kappa shape index (κ1) is 14.3. The van der Waals surface area contributed by atoms with E-state index in [9.17, 15) is 4.79 Å². The summed E-state index contributed by atoms with van der Waals surface area (Å²) in [5, 5.41) is 0. The summed E-state index contributed by atoms with van der Waals surface area (Å²) in [5.41, 5.74) is 1.82. The van der Waals surface area contributed by atoms with Crippen molar-refractivity contribution in [3.63, 3.8) is 0 Å². The zero-order chi connectivity index (χ0) is 14.7. The lowest BCUT2D eigenvalue weighted by Gasteiger charge is -2.33. The molecule has 1 aliphatic heterocycles. The average Bonchev–Trinajstić information content (AvgIpc) is 2.55. The van der Waals surface area contributed by atoms with Gasteiger partial charge in [-0.15, -0.1) is 0 Å². The average molecular weight is 346 g/mol. The largest absolute Gasteiger partial charge is 0.370 e. The van der Waals surface area contributed by atoms with Crippen LogP contribution in [-0.2, 0) is 4.74 Å². The predicted molar refractivity (Wildman–Crippen MR) is 85.2 cm³/mol. The van der Waals surface area contributed by atoms with Gasteiger partial charge < -0.3 is 9.64 Å². The van der Waals surface area contributed by atoms with Gasteiger partial charge in [-0.1, -0.05) is 52.3 Å². The zero-order valence-corrected chi connectivity index (χ0v) is 13.1. The quantitative estimate of drug-likeness (QED) is 0.831. The summed E-state index contributed by atoms with van der Waals surface area (Å²) in [4.78, 5) is 14.4. The van der Waals surface area contributed by atoms with Crippen molar-refractivity contribution in [3.8, 4) is 0 Å². The van der Waals surface area contributed by atoms with E-state index in [1.165, 1.54) is 0 Å². The SMILES string of the molecule is O=C(c1cccc(Br)c1)N1CCO[C@@H](c2ccccc2)C1. The Morgan fingerprint density at radius 1 is 1.14 bits per heavy atom. The fraction of sp³-hybridized carbons (Fsp3) is 0.235. The Morgan fingerprint density at radius 3 is 2.71 bits per heavy atom. The van der Waals surface area contributed by atoms with Crippen molar-refractivity contribution in [2.75, 3.05) is 19.7 Å². The van der Waals surface area contributed by atoms with E-state index < -0.39 is 0 Å². The van der Waals surface area contributed by atoms with Crippen molar-refractivity contribution in [1.82, 2.24) is 4.90 Å². The number of ether oxygens (including phenoxy) is 1. The molecule has 0 N–H and O–H groups in total. The fourth-order valence-electron chi connectivity index (χ4n) is 2.51. The fourth-order valence-corrected chi connectivity index (χ4v) is 2.91. The topological polar surface area (TPSA) is 29.5 Å². The first-order valence-corrected chi connectivity index (χ1v) is 7.75. The molecule has 1 aliphatic rings. The molecular formula is C17H16BrNO2. The number of hydrogen-bond acceptors (Lipinski definition) is 2. The second-order valence-corrected chi connectivity index (χ2v) is 5.95. The highest BCUT2D eigenvalue weighted by Crippen LogP contribution is 2.23. The summed E-state index contributed by atoms with van der Waals surface area (Å²) in [6.45, 7) is 1.79. The molecule has 0 aliphatic carbocycles. The number of carbonyl (C=O) groups excluding carboxylic acids is 1. The van der Waals surface area contributed by atoms with Crippen molar-refractivity contribution in [1.29, 1.82) is 0 Å². The van der Waals surface area contributed by atoms with Gasteiger partial charge in [-0.3, -0.25) is 4.79 Å². The monoisotopic (exact) mass is 345 g/mol. The van der Waals surface area contributed by atoms with Crippen molar-refractivity contribution >= 4 is 21.8 Å². The molecule has 1 heterocycles. The maximum absolute atomic E-state index is 12.6. The van der Waals surface area contributed by atoms with Gasteiger partial charge in [-0.05, 0) is 23.8 Å². The number of nitrogens with zero attached hydrogens (tertiary/aromatic N) is 1. The first-order chi connectivity index (χ1) is 10.2. The van der Waals surface area contributed by atoms with E-state index in [1.807, 2.05) is 59.5 Å². The molecule has 0 aromatic heterocycles. The van der Waals surface area contributed by atoms with E-state index in [1.54, 1.807) is 0 Å². The van der Waals surface area contributed by atoms with Gasteiger partial charge in [-0.25, -0.2) is 0 Å². The van der Waals surface area contributed by atoms with Gasteiger partial charge in [0.05, 0.1) is 13.2 Å². The third-order valence-electron chi connectivity index (χ3n) is 3.60. The smallest absolute Gasteiger partial charge is 0.254 e. The number of amides is 1. The van der Waals surface area contributed by atoms with Crippen LogP contribution < -0.4 is 0 Å². The summed E-state index contributed by atoms with van der Waals surface area (Å²) in [7, 11) is 0. The van der Waals surface area contributed by atoms with Crippen molar-refractivity contribution in [3.05, 3.63) is 70.2 Å². The number of halogens is 1. The number of benzene rings is 2. The third-order valence-corrected chi connectivity index (χ3v) is 4.09. The molecule has 21 heavy (non-hydrogen) atoms. The zero-order valence-electron chi connectivity index (χ0n) is 11.5. The number of carbonyl (C=O) groups is 1. The van der Waals surface area contributed by atoms with E-state index in [2.05, 4.69) is 15.9 Å². The molecule has 0 unspecified atom stereocenters. The van der Waals surface area contributed by atoms with E-state index in [0.717, 1.165) is 10.0 Å². The third kappa shape index (κ3) is 3.34. The minimum Gasteiger partial charge on any atom is -0.370 e. The highest BCUT2D eigenvalue weighted by atomic mass is 79.9. The lowest BCUT2D eigenvalue weighted by Crippen LogP contribution is -2.42. The number of hydrogen-bond donors (Lipinski definition) is 0. The molecular weight excluding hydrogens is 330 g/mol. The van der Waals surface area contributed by atoms with Crippen LogP contribution >= 0.6 is 15.9 Å². The summed E-state index contributed by atoms with van der Waals surface area (Å²) in [6, 6.07) is 17.6.